The van der Waals surface area contributed by atoms with Crippen LogP contribution in [-0.4, -0.2) is 57.9 Å². The van der Waals surface area contributed by atoms with Gasteiger partial charge >= 0.3 is 0 Å². The first-order chi connectivity index (χ1) is 13.9. The number of carbonyl (C=O) groups excluding carboxylic acids is 1. The summed E-state index contributed by atoms with van der Waals surface area (Å²) in [5.41, 5.74) is 2.14. The molecule has 2 saturated heterocycles. The minimum Gasteiger partial charge on any atom is -0.356 e. The van der Waals surface area contributed by atoms with Gasteiger partial charge in [-0.05, 0) is 44.7 Å². The predicted octanol–water partition coefficient (Wildman–Crippen LogP) is 3.92. The van der Waals surface area contributed by atoms with Crippen molar-refractivity contribution in [1.82, 2.24) is 20.1 Å². The normalized spacial score (nSPS) is 22.9. The Morgan fingerprint density at radius 2 is 1.93 bits per heavy atom. The van der Waals surface area contributed by atoms with Crippen LogP contribution in [-0.2, 0) is 6.54 Å². The first-order valence-electron chi connectivity index (χ1n) is 10.6. The van der Waals surface area contributed by atoms with E-state index in [1.54, 1.807) is 12.3 Å². The lowest BCUT2D eigenvalue weighted by atomic mass is 9.98. The molecule has 1 unspecified atom stereocenters. The van der Waals surface area contributed by atoms with Crippen molar-refractivity contribution in [1.29, 1.82) is 0 Å². The summed E-state index contributed by atoms with van der Waals surface area (Å²) < 4.78 is 0. The minimum atomic E-state index is 0.0476. The van der Waals surface area contributed by atoms with E-state index in [9.17, 15) is 4.79 Å². The van der Waals surface area contributed by atoms with E-state index in [1.807, 2.05) is 4.90 Å². The molecule has 2 aliphatic heterocycles. The Bertz CT molecular complexity index is 826. The Balaban J connectivity index is 1.28. The van der Waals surface area contributed by atoms with Gasteiger partial charge in [0.25, 0.3) is 5.91 Å². The van der Waals surface area contributed by atoms with Gasteiger partial charge in [0.2, 0.25) is 0 Å². The lowest BCUT2D eigenvalue weighted by molar-refractivity contribution is 0.0696. The Labute approximate surface area is 178 Å². The number of aromatic nitrogens is 1. The van der Waals surface area contributed by atoms with Crippen molar-refractivity contribution in [3.8, 4) is 0 Å². The van der Waals surface area contributed by atoms with E-state index >= 15 is 0 Å². The maximum absolute atomic E-state index is 12.6. The van der Waals surface area contributed by atoms with E-state index in [-0.39, 0.29) is 11.4 Å². The summed E-state index contributed by atoms with van der Waals surface area (Å²) in [6.07, 6.45) is 4.80. The molecule has 1 atom stereocenters. The van der Waals surface area contributed by atoms with Gasteiger partial charge in [-0.3, -0.25) is 9.69 Å². The summed E-state index contributed by atoms with van der Waals surface area (Å²) in [6, 6.07) is 13.4. The van der Waals surface area contributed by atoms with Crippen molar-refractivity contribution in [2.45, 2.75) is 57.3 Å². The van der Waals surface area contributed by atoms with E-state index in [1.165, 1.54) is 5.56 Å². The highest BCUT2D eigenvalue weighted by molar-refractivity contribution is 6.30. The Kier molecular flexibility index (Phi) is 6.00. The smallest absolute Gasteiger partial charge is 0.270 e. The third-order valence-electron chi connectivity index (χ3n) is 6.39. The van der Waals surface area contributed by atoms with Crippen LogP contribution < -0.4 is 5.32 Å². The maximum Gasteiger partial charge on any atom is 0.270 e. The number of rotatable bonds is 5. The largest absolute Gasteiger partial charge is 0.356 e. The van der Waals surface area contributed by atoms with Gasteiger partial charge in [0.1, 0.15) is 5.69 Å². The average Bonchev–Trinajstić information content (AvgIpc) is 3.25. The monoisotopic (exact) mass is 414 g/mol. The first-order valence-corrected chi connectivity index (χ1v) is 11.0. The summed E-state index contributed by atoms with van der Waals surface area (Å²) >= 11 is 5.93. The predicted molar refractivity (Wildman–Crippen MR) is 117 cm³/mol. The highest BCUT2D eigenvalue weighted by Gasteiger charge is 2.39. The lowest BCUT2D eigenvalue weighted by Gasteiger charge is -2.33. The Morgan fingerprint density at radius 1 is 1.21 bits per heavy atom. The average molecular weight is 415 g/mol. The maximum atomic E-state index is 12.6. The van der Waals surface area contributed by atoms with E-state index < -0.39 is 0 Å². The summed E-state index contributed by atoms with van der Waals surface area (Å²) in [5, 5.41) is 4.46. The van der Waals surface area contributed by atoms with Gasteiger partial charge in [-0.1, -0.05) is 41.9 Å². The SMILES string of the molecule is CC1(C)CC(NC2CCN(C(=O)c3cc(Cl)c[nH]3)CC2)CN1Cc1ccccc1. The highest BCUT2D eigenvalue weighted by atomic mass is 35.5. The second-order valence-corrected chi connectivity index (χ2v) is 9.48. The second kappa shape index (κ2) is 8.50. The number of halogens is 1. The number of hydrogen-bond acceptors (Lipinski definition) is 3. The molecule has 0 radical (unpaired) electrons. The van der Waals surface area contributed by atoms with Crippen LogP contribution in [0.25, 0.3) is 0 Å². The van der Waals surface area contributed by atoms with Crippen LogP contribution in [0.4, 0.5) is 0 Å². The van der Waals surface area contributed by atoms with Gasteiger partial charge < -0.3 is 15.2 Å². The summed E-state index contributed by atoms with van der Waals surface area (Å²) in [5.74, 6) is 0.0476. The molecule has 1 amide bonds. The zero-order chi connectivity index (χ0) is 20.4. The van der Waals surface area contributed by atoms with Crippen LogP contribution in [0.1, 0.15) is 49.2 Å². The van der Waals surface area contributed by atoms with Crippen LogP contribution in [0.3, 0.4) is 0 Å². The fourth-order valence-corrected chi connectivity index (χ4v) is 4.91. The molecule has 156 valence electrons. The van der Waals surface area contributed by atoms with Crippen LogP contribution >= 0.6 is 11.6 Å². The number of amides is 1. The molecule has 1 aromatic carbocycles. The van der Waals surface area contributed by atoms with Crippen molar-refractivity contribution in [3.05, 3.63) is 58.9 Å². The van der Waals surface area contributed by atoms with Crippen molar-refractivity contribution >= 4 is 17.5 Å². The van der Waals surface area contributed by atoms with Crippen molar-refractivity contribution in [2.75, 3.05) is 19.6 Å². The molecule has 0 aliphatic carbocycles. The molecule has 3 heterocycles. The summed E-state index contributed by atoms with van der Waals surface area (Å²) in [7, 11) is 0. The number of benzene rings is 1. The zero-order valence-electron chi connectivity index (χ0n) is 17.3. The van der Waals surface area contributed by atoms with Crippen molar-refractivity contribution < 1.29 is 4.79 Å². The van der Waals surface area contributed by atoms with E-state index in [2.05, 4.69) is 59.4 Å². The molecular weight excluding hydrogens is 384 g/mol. The van der Waals surface area contributed by atoms with E-state index in [0.29, 0.717) is 22.8 Å². The van der Waals surface area contributed by atoms with Crippen LogP contribution in [0.5, 0.6) is 0 Å². The topological polar surface area (TPSA) is 51.4 Å². The molecular formula is C23H31ClN4O. The van der Waals surface area contributed by atoms with Crippen LogP contribution in [0.2, 0.25) is 5.02 Å². The molecule has 2 fully saturated rings. The second-order valence-electron chi connectivity index (χ2n) is 9.04. The zero-order valence-corrected chi connectivity index (χ0v) is 18.1. The molecule has 5 nitrogen and oxygen atoms in total. The molecule has 0 bridgehead atoms. The number of H-pyrrole nitrogens is 1. The molecule has 1 aromatic heterocycles. The molecule has 6 heteroatoms. The fourth-order valence-electron chi connectivity index (χ4n) is 4.75. The van der Waals surface area contributed by atoms with Crippen LogP contribution in [0, 0.1) is 0 Å². The first kappa shape index (κ1) is 20.5. The van der Waals surface area contributed by atoms with E-state index in [4.69, 9.17) is 11.6 Å². The van der Waals surface area contributed by atoms with Gasteiger partial charge in [-0.2, -0.15) is 0 Å². The molecule has 2 N–H and O–H groups in total. The molecule has 2 aromatic rings. The van der Waals surface area contributed by atoms with Crippen molar-refractivity contribution in [2.24, 2.45) is 0 Å². The van der Waals surface area contributed by atoms with E-state index in [0.717, 1.165) is 45.4 Å². The molecule has 0 spiro atoms. The lowest BCUT2D eigenvalue weighted by Crippen LogP contribution is -2.48. The third kappa shape index (κ3) is 4.85. The van der Waals surface area contributed by atoms with Gasteiger partial charge in [0, 0.05) is 50.0 Å². The van der Waals surface area contributed by atoms with Crippen molar-refractivity contribution in [3.63, 3.8) is 0 Å². The number of piperidine rings is 1. The van der Waals surface area contributed by atoms with Crippen LogP contribution in [0.15, 0.2) is 42.6 Å². The molecule has 2 aliphatic rings. The number of nitrogens with one attached hydrogen (secondary N) is 2. The number of nitrogens with zero attached hydrogens (tertiary/aromatic N) is 2. The minimum absolute atomic E-state index is 0.0476. The summed E-state index contributed by atoms with van der Waals surface area (Å²) in [6.45, 7) is 8.34. The van der Waals surface area contributed by atoms with Gasteiger partial charge in [0.05, 0.1) is 5.02 Å². The fraction of sp³-hybridized carbons (Fsp3) is 0.522. The van der Waals surface area contributed by atoms with Gasteiger partial charge in [0.15, 0.2) is 0 Å². The number of likely N-dealkylation sites (tertiary alicyclic amines) is 2. The van der Waals surface area contributed by atoms with Gasteiger partial charge in [-0.25, -0.2) is 0 Å². The number of carbonyl (C=O) groups is 1. The molecule has 0 saturated carbocycles. The molecule has 29 heavy (non-hydrogen) atoms. The summed E-state index contributed by atoms with van der Waals surface area (Å²) in [4.78, 5) is 20.1. The third-order valence-corrected chi connectivity index (χ3v) is 6.61. The van der Waals surface area contributed by atoms with Gasteiger partial charge in [-0.15, -0.1) is 0 Å². The highest BCUT2D eigenvalue weighted by Crippen LogP contribution is 2.31. The quantitative estimate of drug-likeness (QED) is 0.779. The Morgan fingerprint density at radius 3 is 2.59 bits per heavy atom. The number of hydrogen-bond donors (Lipinski definition) is 2. The Hall–Kier alpha value is -1.82. The standard InChI is InChI=1S/C23H31ClN4O/c1-23(2)13-20(16-28(23)15-17-6-4-3-5-7-17)26-19-8-10-27(11-9-19)22(29)21-12-18(24)14-25-21/h3-7,12,14,19-20,25-26H,8-11,13,15-16H2,1-2H3. The molecule has 4 rings (SSSR count). The number of aromatic amines is 1.